The van der Waals surface area contributed by atoms with Crippen molar-refractivity contribution >= 4 is 0 Å². The van der Waals surface area contributed by atoms with Crippen LogP contribution in [-0.4, -0.2) is 31.6 Å². The molecular formula is C15H28N2. The van der Waals surface area contributed by atoms with E-state index in [2.05, 4.69) is 61.6 Å². The molecule has 0 aliphatic heterocycles. The van der Waals surface area contributed by atoms with Gasteiger partial charge >= 0.3 is 0 Å². The number of hydrogen-bond donors (Lipinski definition) is 1. The van der Waals surface area contributed by atoms with Crippen LogP contribution < -0.4 is 5.32 Å². The third-order valence-corrected chi connectivity index (χ3v) is 2.51. The van der Waals surface area contributed by atoms with Gasteiger partial charge in [-0.1, -0.05) is 44.2 Å². The Morgan fingerprint density at radius 1 is 1.12 bits per heavy atom. The van der Waals surface area contributed by atoms with Gasteiger partial charge in [0, 0.05) is 12.6 Å². The molecule has 0 amide bonds. The minimum absolute atomic E-state index is 0.576. The second kappa shape index (κ2) is 10.3. The van der Waals surface area contributed by atoms with Gasteiger partial charge in [-0.3, -0.25) is 0 Å². The number of benzene rings is 1. The van der Waals surface area contributed by atoms with Crippen molar-refractivity contribution in [3.8, 4) is 0 Å². The molecule has 0 bridgehead atoms. The summed E-state index contributed by atoms with van der Waals surface area (Å²) in [7, 11) is 4.23. The van der Waals surface area contributed by atoms with Crippen molar-refractivity contribution in [3.63, 3.8) is 0 Å². The zero-order valence-corrected chi connectivity index (χ0v) is 12.0. The summed E-state index contributed by atoms with van der Waals surface area (Å²) in [6.45, 7) is 8.35. The molecule has 0 aromatic heterocycles. The first-order valence-electron chi connectivity index (χ1n) is 6.60. The van der Waals surface area contributed by atoms with E-state index in [4.69, 9.17) is 0 Å². The topological polar surface area (TPSA) is 15.3 Å². The van der Waals surface area contributed by atoms with Gasteiger partial charge in [0.15, 0.2) is 0 Å². The third-order valence-electron chi connectivity index (χ3n) is 2.51. The van der Waals surface area contributed by atoms with Gasteiger partial charge in [-0.2, -0.15) is 0 Å². The SMILES string of the molecule is CC.CC(CCN(C)C)NCc1ccccc1. The van der Waals surface area contributed by atoms with Gasteiger partial charge in [0.1, 0.15) is 0 Å². The van der Waals surface area contributed by atoms with E-state index >= 15 is 0 Å². The molecule has 1 aromatic rings. The van der Waals surface area contributed by atoms with Gasteiger partial charge in [-0.25, -0.2) is 0 Å². The highest BCUT2D eigenvalue weighted by Crippen LogP contribution is 1.99. The Balaban J connectivity index is 0.00000121. The standard InChI is InChI=1S/C13H22N2.C2H6/c1-12(9-10-15(2)3)14-11-13-7-5-4-6-8-13;1-2/h4-8,12,14H,9-11H2,1-3H3;1-2H3. The van der Waals surface area contributed by atoms with Crippen molar-refractivity contribution in [2.24, 2.45) is 0 Å². The summed E-state index contributed by atoms with van der Waals surface area (Å²) in [4.78, 5) is 2.22. The molecule has 0 aliphatic carbocycles. The van der Waals surface area contributed by atoms with E-state index in [1.807, 2.05) is 13.8 Å². The second-order valence-corrected chi connectivity index (χ2v) is 4.36. The minimum atomic E-state index is 0.576. The van der Waals surface area contributed by atoms with Crippen LogP contribution in [0.25, 0.3) is 0 Å². The Morgan fingerprint density at radius 2 is 1.71 bits per heavy atom. The highest BCUT2D eigenvalue weighted by Gasteiger charge is 2.01. The molecule has 0 saturated heterocycles. The molecule has 2 heteroatoms. The molecule has 98 valence electrons. The summed E-state index contributed by atoms with van der Waals surface area (Å²) in [5.74, 6) is 0. The first kappa shape index (κ1) is 16.1. The van der Waals surface area contributed by atoms with Gasteiger partial charge in [0.2, 0.25) is 0 Å². The van der Waals surface area contributed by atoms with Gasteiger partial charge in [0.25, 0.3) is 0 Å². The maximum atomic E-state index is 3.53. The zero-order valence-electron chi connectivity index (χ0n) is 12.0. The molecule has 0 spiro atoms. The van der Waals surface area contributed by atoms with Gasteiger partial charge < -0.3 is 10.2 Å². The molecule has 0 radical (unpaired) electrons. The van der Waals surface area contributed by atoms with E-state index in [1.165, 1.54) is 12.0 Å². The third kappa shape index (κ3) is 8.90. The molecule has 17 heavy (non-hydrogen) atoms. The minimum Gasteiger partial charge on any atom is -0.310 e. The van der Waals surface area contributed by atoms with Crippen LogP contribution in [0.5, 0.6) is 0 Å². The van der Waals surface area contributed by atoms with Crippen molar-refractivity contribution in [3.05, 3.63) is 35.9 Å². The monoisotopic (exact) mass is 236 g/mol. The number of hydrogen-bond acceptors (Lipinski definition) is 2. The van der Waals surface area contributed by atoms with E-state index in [0.717, 1.165) is 13.1 Å². The number of nitrogens with one attached hydrogen (secondary N) is 1. The predicted molar refractivity (Wildman–Crippen MR) is 77.3 cm³/mol. The Kier molecular flexibility index (Phi) is 9.78. The molecule has 1 unspecified atom stereocenters. The van der Waals surface area contributed by atoms with Crippen molar-refractivity contribution < 1.29 is 0 Å². The molecule has 1 aromatic carbocycles. The Labute approximate surface area is 107 Å². The first-order chi connectivity index (χ1) is 8.18. The van der Waals surface area contributed by atoms with E-state index in [0.29, 0.717) is 6.04 Å². The van der Waals surface area contributed by atoms with E-state index in [-0.39, 0.29) is 0 Å². The summed E-state index contributed by atoms with van der Waals surface area (Å²) in [5.41, 5.74) is 1.36. The Hall–Kier alpha value is -0.860. The maximum absolute atomic E-state index is 3.53. The van der Waals surface area contributed by atoms with Crippen LogP contribution >= 0.6 is 0 Å². The summed E-state index contributed by atoms with van der Waals surface area (Å²) in [6, 6.07) is 11.1. The Bertz CT molecular complexity index is 257. The number of nitrogens with zero attached hydrogens (tertiary/aromatic N) is 1. The molecule has 0 aliphatic rings. The smallest absolute Gasteiger partial charge is 0.0207 e. The molecular weight excluding hydrogens is 208 g/mol. The number of rotatable bonds is 6. The van der Waals surface area contributed by atoms with Gasteiger partial charge in [-0.05, 0) is 39.5 Å². The zero-order chi connectivity index (χ0) is 13.1. The normalized spacial score (nSPS) is 11.9. The molecule has 0 fully saturated rings. The summed E-state index contributed by atoms with van der Waals surface area (Å²) >= 11 is 0. The van der Waals surface area contributed by atoms with E-state index in [1.54, 1.807) is 0 Å². The summed E-state index contributed by atoms with van der Waals surface area (Å²) in [6.07, 6.45) is 1.19. The molecule has 1 rings (SSSR count). The maximum Gasteiger partial charge on any atom is 0.0207 e. The molecule has 2 nitrogen and oxygen atoms in total. The molecule has 1 N–H and O–H groups in total. The highest BCUT2D eigenvalue weighted by atomic mass is 15.1. The van der Waals surface area contributed by atoms with Crippen LogP contribution in [0.2, 0.25) is 0 Å². The molecule has 1 atom stereocenters. The average molecular weight is 236 g/mol. The van der Waals surface area contributed by atoms with Crippen LogP contribution in [0.3, 0.4) is 0 Å². The van der Waals surface area contributed by atoms with Crippen LogP contribution in [0, 0.1) is 0 Å². The van der Waals surface area contributed by atoms with Crippen molar-refractivity contribution in [1.82, 2.24) is 10.2 Å². The van der Waals surface area contributed by atoms with Gasteiger partial charge in [-0.15, -0.1) is 0 Å². The van der Waals surface area contributed by atoms with Crippen LogP contribution in [0.4, 0.5) is 0 Å². The van der Waals surface area contributed by atoms with Crippen molar-refractivity contribution in [2.75, 3.05) is 20.6 Å². The fourth-order valence-corrected chi connectivity index (χ4v) is 1.44. The lowest BCUT2D eigenvalue weighted by molar-refractivity contribution is 0.365. The highest BCUT2D eigenvalue weighted by molar-refractivity contribution is 5.14. The van der Waals surface area contributed by atoms with Crippen LogP contribution in [0.1, 0.15) is 32.8 Å². The largest absolute Gasteiger partial charge is 0.310 e. The average Bonchev–Trinajstić information content (AvgIpc) is 2.37. The molecule has 0 saturated carbocycles. The second-order valence-electron chi connectivity index (χ2n) is 4.36. The van der Waals surface area contributed by atoms with Gasteiger partial charge in [0.05, 0.1) is 0 Å². The van der Waals surface area contributed by atoms with Crippen LogP contribution in [0.15, 0.2) is 30.3 Å². The lowest BCUT2D eigenvalue weighted by atomic mass is 10.2. The van der Waals surface area contributed by atoms with Crippen molar-refractivity contribution in [2.45, 2.75) is 39.8 Å². The lowest BCUT2D eigenvalue weighted by Gasteiger charge is -2.16. The summed E-state index contributed by atoms with van der Waals surface area (Å²) < 4.78 is 0. The quantitative estimate of drug-likeness (QED) is 0.816. The first-order valence-corrected chi connectivity index (χ1v) is 6.60. The predicted octanol–water partition coefficient (Wildman–Crippen LogP) is 3.14. The Morgan fingerprint density at radius 3 is 2.24 bits per heavy atom. The van der Waals surface area contributed by atoms with Crippen LogP contribution in [-0.2, 0) is 6.54 Å². The fourth-order valence-electron chi connectivity index (χ4n) is 1.44. The van der Waals surface area contributed by atoms with E-state index < -0.39 is 0 Å². The summed E-state index contributed by atoms with van der Waals surface area (Å²) in [5, 5.41) is 3.53. The fraction of sp³-hybridized carbons (Fsp3) is 0.600. The van der Waals surface area contributed by atoms with Crippen molar-refractivity contribution in [1.29, 1.82) is 0 Å². The lowest BCUT2D eigenvalue weighted by Crippen LogP contribution is -2.29. The molecule has 0 heterocycles. The van der Waals surface area contributed by atoms with E-state index in [9.17, 15) is 0 Å².